The van der Waals surface area contributed by atoms with E-state index in [2.05, 4.69) is 52.3 Å². The molecule has 2 heterocycles. The van der Waals surface area contributed by atoms with Gasteiger partial charge >= 0.3 is 0 Å². The zero-order chi connectivity index (χ0) is 13.1. The number of halogens is 1. The lowest BCUT2D eigenvalue weighted by molar-refractivity contribution is 0.559. The van der Waals surface area contributed by atoms with Crippen molar-refractivity contribution in [3.8, 4) is 0 Å². The molecule has 0 spiro atoms. The predicted octanol–water partition coefficient (Wildman–Crippen LogP) is 3.27. The van der Waals surface area contributed by atoms with E-state index < -0.39 is 0 Å². The molecule has 0 radical (unpaired) electrons. The van der Waals surface area contributed by atoms with Gasteiger partial charge in [-0.05, 0) is 59.5 Å². The first-order valence-electron chi connectivity index (χ1n) is 5.72. The molecular formula is C13H16BrN3S. The van der Waals surface area contributed by atoms with Gasteiger partial charge in [-0.2, -0.15) is 0 Å². The van der Waals surface area contributed by atoms with Crippen molar-refractivity contribution in [1.29, 1.82) is 0 Å². The quantitative estimate of drug-likeness (QED) is 0.670. The molecule has 1 unspecified atom stereocenters. The molecule has 0 aromatic carbocycles. The summed E-state index contributed by atoms with van der Waals surface area (Å²) >= 11 is 5.23. The topological polar surface area (TPSA) is 50.9 Å². The molecule has 2 aromatic rings. The van der Waals surface area contributed by atoms with Gasteiger partial charge in [-0.1, -0.05) is 0 Å². The van der Waals surface area contributed by atoms with Gasteiger partial charge < -0.3 is 0 Å². The van der Waals surface area contributed by atoms with E-state index in [9.17, 15) is 0 Å². The number of hydrogen-bond acceptors (Lipinski definition) is 4. The molecule has 0 amide bonds. The summed E-state index contributed by atoms with van der Waals surface area (Å²) in [7, 11) is 0. The standard InChI is InChI=1S/C13H16BrN3S/c1-8-3-13(18-9(8)2)12(17-15)5-10-4-11(14)7-16-6-10/h3-4,6-7,12,17H,5,15H2,1-2H3. The molecule has 0 saturated heterocycles. The number of hydrogen-bond donors (Lipinski definition) is 2. The normalized spacial score (nSPS) is 12.7. The van der Waals surface area contributed by atoms with Gasteiger partial charge in [0.05, 0.1) is 6.04 Å². The summed E-state index contributed by atoms with van der Waals surface area (Å²) in [6.45, 7) is 4.27. The van der Waals surface area contributed by atoms with E-state index in [0.29, 0.717) is 0 Å². The first-order chi connectivity index (χ1) is 8.60. The Morgan fingerprint density at radius 3 is 2.72 bits per heavy atom. The zero-order valence-electron chi connectivity index (χ0n) is 10.4. The minimum atomic E-state index is 0.137. The highest BCUT2D eigenvalue weighted by molar-refractivity contribution is 9.10. The van der Waals surface area contributed by atoms with E-state index in [4.69, 9.17) is 5.84 Å². The van der Waals surface area contributed by atoms with Crippen LogP contribution in [0.4, 0.5) is 0 Å². The van der Waals surface area contributed by atoms with Gasteiger partial charge in [-0.3, -0.25) is 16.3 Å². The zero-order valence-corrected chi connectivity index (χ0v) is 12.8. The van der Waals surface area contributed by atoms with Gasteiger partial charge in [-0.15, -0.1) is 11.3 Å². The van der Waals surface area contributed by atoms with Gasteiger partial charge in [0, 0.05) is 26.6 Å². The molecule has 0 aliphatic carbocycles. The molecule has 3 N–H and O–H groups in total. The number of aryl methyl sites for hydroxylation is 2. The molecule has 96 valence electrons. The minimum absolute atomic E-state index is 0.137. The lowest BCUT2D eigenvalue weighted by Crippen LogP contribution is -2.29. The molecule has 0 aliphatic rings. The summed E-state index contributed by atoms with van der Waals surface area (Å²) in [5, 5.41) is 0. The smallest absolute Gasteiger partial charge is 0.0594 e. The summed E-state index contributed by atoms with van der Waals surface area (Å²) in [5.74, 6) is 5.67. The van der Waals surface area contributed by atoms with Crippen LogP contribution in [0, 0.1) is 13.8 Å². The Balaban J connectivity index is 2.19. The van der Waals surface area contributed by atoms with Crippen molar-refractivity contribution in [3.05, 3.63) is 49.9 Å². The van der Waals surface area contributed by atoms with Gasteiger partial charge in [0.2, 0.25) is 0 Å². The third-order valence-electron chi connectivity index (χ3n) is 2.93. The Morgan fingerprint density at radius 2 is 2.17 bits per heavy atom. The average molecular weight is 326 g/mol. The maximum absolute atomic E-state index is 5.67. The molecular weight excluding hydrogens is 310 g/mol. The van der Waals surface area contributed by atoms with Crippen molar-refractivity contribution in [1.82, 2.24) is 10.4 Å². The predicted molar refractivity (Wildman–Crippen MR) is 79.5 cm³/mol. The van der Waals surface area contributed by atoms with Crippen molar-refractivity contribution < 1.29 is 0 Å². The summed E-state index contributed by atoms with van der Waals surface area (Å²) in [4.78, 5) is 6.79. The van der Waals surface area contributed by atoms with E-state index in [1.165, 1.54) is 15.3 Å². The highest BCUT2D eigenvalue weighted by Crippen LogP contribution is 2.28. The molecule has 0 bridgehead atoms. The van der Waals surface area contributed by atoms with Crippen LogP contribution in [0.15, 0.2) is 29.0 Å². The summed E-state index contributed by atoms with van der Waals surface area (Å²) in [6.07, 6.45) is 4.50. The Hall–Kier alpha value is -0.750. The second-order valence-corrected chi connectivity index (χ2v) is 6.53. The monoisotopic (exact) mass is 325 g/mol. The van der Waals surface area contributed by atoms with Crippen molar-refractivity contribution in [2.45, 2.75) is 26.3 Å². The largest absolute Gasteiger partial charge is 0.271 e. The fourth-order valence-electron chi connectivity index (χ4n) is 1.82. The first-order valence-corrected chi connectivity index (χ1v) is 7.33. The summed E-state index contributed by atoms with van der Waals surface area (Å²) < 4.78 is 0.995. The Morgan fingerprint density at radius 1 is 1.39 bits per heavy atom. The molecule has 5 heteroatoms. The van der Waals surface area contributed by atoms with Crippen molar-refractivity contribution >= 4 is 27.3 Å². The van der Waals surface area contributed by atoms with Crippen molar-refractivity contribution in [2.75, 3.05) is 0 Å². The number of hydrazine groups is 1. The average Bonchev–Trinajstić information content (AvgIpc) is 2.66. The van der Waals surface area contributed by atoms with Crippen LogP contribution in [0.3, 0.4) is 0 Å². The summed E-state index contributed by atoms with van der Waals surface area (Å²) in [5.41, 5.74) is 5.38. The summed E-state index contributed by atoms with van der Waals surface area (Å²) in [6, 6.07) is 4.42. The van der Waals surface area contributed by atoms with E-state index >= 15 is 0 Å². The highest BCUT2D eigenvalue weighted by Gasteiger charge is 2.14. The van der Waals surface area contributed by atoms with Crippen LogP contribution in [0.2, 0.25) is 0 Å². The van der Waals surface area contributed by atoms with Gasteiger partial charge in [0.15, 0.2) is 0 Å². The lowest BCUT2D eigenvalue weighted by Gasteiger charge is -2.14. The number of thiophene rings is 1. The lowest BCUT2D eigenvalue weighted by atomic mass is 10.1. The van der Waals surface area contributed by atoms with Crippen LogP contribution in [0.1, 0.15) is 26.9 Å². The maximum Gasteiger partial charge on any atom is 0.0594 e. The molecule has 1 atom stereocenters. The van der Waals surface area contributed by atoms with Crippen LogP contribution < -0.4 is 11.3 Å². The van der Waals surface area contributed by atoms with E-state index in [1.54, 1.807) is 17.5 Å². The number of nitrogens with two attached hydrogens (primary N) is 1. The van der Waals surface area contributed by atoms with Crippen LogP contribution >= 0.6 is 27.3 Å². The number of nitrogens with one attached hydrogen (secondary N) is 1. The van der Waals surface area contributed by atoms with Gasteiger partial charge in [0.1, 0.15) is 0 Å². The highest BCUT2D eigenvalue weighted by atomic mass is 79.9. The molecule has 0 saturated carbocycles. The molecule has 0 aliphatic heterocycles. The van der Waals surface area contributed by atoms with Crippen LogP contribution in [-0.2, 0) is 6.42 Å². The van der Waals surface area contributed by atoms with E-state index in [1.807, 2.05) is 6.20 Å². The number of rotatable bonds is 4. The Kier molecular flexibility index (Phi) is 4.50. The molecule has 18 heavy (non-hydrogen) atoms. The molecule has 2 rings (SSSR count). The first kappa shape index (κ1) is 13.7. The van der Waals surface area contributed by atoms with Crippen LogP contribution in [0.5, 0.6) is 0 Å². The van der Waals surface area contributed by atoms with Gasteiger partial charge in [-0.25, -0.2) is 0 Å². The molecule has 2 aromatic heterocycles. The molecule has 0 fully saturated rings. The van der Waals surface area contributed by atoms with Crippen LogP contribution in [-0.4, -0.2) is 4.98 Å². The van der Waals surface area contributed by atoms with Crippen molar-refractivity contribution in [3.63, 3.8) is 0 Å². The number of aromatic nitrogens is 1. The molecule has 3 nitrogen and oxygen atoms in total. The second kappa shape index (κ2) is 5.93. The fraction of sp³-hybridized carbons (Fsp3) is 0.308. The SMILES string of the molecule is Cc1cc(C(Cc2cncc(Br)c2)NN)sc1C. The third-order valence-corrected chi connectivity index (χ3v) is 4.63. The number of nitrogens with zero attached hydrogens (tertiary/aromatic N) is 1. The third kappa shape index (κ3) is 3.17. The minimum Gasteiger partial charge on any atom is -0.271 e. The van der Waals surface area contributed by atoms with E-state index in [0.717, 1.165) is 16.5 Å². The Labute approximate surface area is 120 Å². The fourth-order valence-corrected chi connectivity index (χ4v) is 3.33. The number of pyridine rings is 1. The maximum atomic E-state index is 5.67. The van der Waals surface area contributed by atoms with Crippen molar-refractivity contribution in [2.24, 2.45) is 5.84 Å². The van der Waals surface area contributed by atoms with Gasteiger partial charge in [0.25, 0.3) is 0 Å². The second-order valence-electron chi connectivity index (χ2n) is 4.32. The van der Waals surface area contributed by atoms with Crippen LogP contribution in [0.25, 0.3) is 0 Å². The Bertz CT molecular complexity index is 519. The van der Waals surface area contributed by atoms with E-state index in [-0.39, 0.29) is 6.04 Å².